The van der Waals surface area contributed by atoms with Crippen LogP contribution in [0.1, 0.15) is 39.5 Å². The second-order valence-electron chi connectivity index (χ2n) is 5.00. The van der Waals surface area contributed by atoms with Crippen LogP contribution in [0.3, 0.4) is 0 Å². The molecule has 1 fully saturated rings. The number of nitrogens with zero attached hydrogens (tertiary/aromatic N) is 1. The number of carbonyl (C=O) groups excluding carboxylic acids is 1. The van der Waals surface area contributed by atoms with E-state index in [0.29, 0.717) is 25.2 Å². The van der Waals surface area contributed by atoms with Crippen LogP contribution in [0.25, 0.3) is 0 Å². The number of hydrogen-bond acceptors (Lipinski definition) is 3. The summed E-state index contributed by atoms with van der Waals surface area (Å²) in [5.41, 5.74) is 0. The van der Waals surface area contributed by atoms with E-state index in [9.17, 15) is 4.79 Å². The molecule has 0 bridgehead atoms. The lowest BCUT2D eigenvalue weighted by atomic mass is 10.1. The van der Waals surface area contributed by atoms with E-state index >= 15 is 0 Å². The van der Waals surface area contributed by atoms with E-state index in [4.69, 9.17) is 4.74 Å². The maximum absolute atomic E-state index is 12.2. The predicted molar refractivity (Wildman–Crippen MR) is 76.2 cm³/mol. The summed E-state index contributed by atoms with van der Waals surface area (Å²) in [7, 11) is 1.67. The summed E-state index contributed by atoms with van der Waals surface area (Å²) in [6.07, 6.45) is 4.86. The van der Waals surface area contributed by atoms with Crippen molar-refractivity contribution in [3.63, 3.8) is 0 Å². The van der Waals surface area contributed by atoms with Gasteiger partial charge in [0.15, 0.2) is 0 Å². The van der Waals surface area contributed by atoms with Crippen LogP contribution in [0.5, 0.6) is 0 Å². The second kappa shape index (κ2) is 9.59. The molecule has 0 saturated heterocycles. The lowest BCUT2D eigenvalue weighted by Gasteiger charge is -2.33. The molecule has 1 saturated carbocycles. The molecule has 108 valence electrons. The zero-order valence-electron chi connectivity index (χ0n) is 11.8. The number of ether oxygens (including phenoxy) is 1. The Labute approximate surface area is 117 Å². The molecule has 0 aromatic carbocycles. The molecule has 1 aliphatic carbocycles. The van der Waals surface area contributed by atoms with Crippen LogP contribution >= 0.6 is 12.4 Å². The highest BCUT2D eigenvalue weighted by Gasteiger charge is 2.27. The van der Waals surface area contributed by atoms with Crippen LogP contribution in [-0.4, -0.2) is 49.7 Å². The van der Waals surface area contributed by atoms with Gasteiger partial charge in [-0.1, -0.05) is 12.8 Å². The Kier molecular flexibility index (Phi) is 9.42. The fourth-order valence-corrected chi connectivity index (χ4v) is 2.56. The Morgan fingerprint density at radius 2 is 2.00 bits per heavy atom. The third kappa shape index (κ3) is 5.55. The Morgan fingerprint density at radius 3 is 2.50 bits per heavy atom. The highest BCUT2D eigenvalue weighted by atomic mass is 35.5. The summed E-state index contributed by atoms with van der Waals surface area (Å²) in [4.78, 5) is 14.2. The van der Waals surface area contributed by atoms with Crippen molar-refractivity contribution >= 4 is 18.3 Å². The minimum Gasteiger partial charge on any atom is -0.383 e. The van der Waals surface area contributed by atoms with E-state index in [0.717, 1.165) is 6.54 Å². The zero-order chi connectivity index (χ0) is 12.7. The molecule has 1 aliphatic rings. The number of hydrogen-bond donors (Lipinski definition) is 1. The van der Waals surface area contributed by atoms with Gasteiger partial charge in [0, 0.05) is 25.7 Å². The molecule has 5 heteroatoms. The molecule has 0 unspecified atom stereocenters. The molecule has 0 radical (unpaired) electrons. The molecular weight excluding hydrogens is 252 g/mol. The van der Waals surface area contributed by atoms with Crippen molar-refractivity contribution in [1.29, 1.82) is 0 Å². The maximum atomic E-state index is 12.2. The highest BCUT2D eigenvalue weighted by molar-refractivity contribution is 5.85. The van der Waals surface area contributed by atoms with Gasteiger partial charge in [0.2, 0.25) is 5.91 Å². The van der Waals surface area contributed by atoms with Crippen LogP contribution in [0.15, 0.2) is 0 Å². The van der Waals surface area contributed by atoms with Gasteiger partial charge in [-0.3, -0.25) is 4.79 Å². The number of carbonyl (C=O) groups is 1. The lowest BCUT2D eigenvalue weighted by molar-refractivity contribution is -0.134. The van der Waals surface area contributed by atoms with E-state index in [2.05, 4.69) is 24.1 Å². The van der Waals surface area contributed by atoms with Crippen LogP contribution in [-0.2, 0) is 9.53 Å². The molecule has 0 atom stereocenters. The monoisotopic (exact) mass is 278 g/mol. The SMILES string of the molecule is COCCNCC(=O)N(C(C)C)C1CCCC1.Cl. The van der Waals surface area contributed by atoms with E-state index in [-0.39, 0.29) is 18.3 Å². The molecule has 0 aromatic rings. The van der Waals surface area contributed by atoms with Crippen molar-refractivity contribution in [1.82, 2.24) is 10.2 Å². The van der Waals surface area contributed by atoms with Crippen molar-refractivity contribution < 1.29 is 9.53 Å². The van der Waals surface area contributed by atoms with Crippen LogP contribution in [0.2, 0.25) is 0 Å². The number of rotatable bonds is 7. The van der Waals surface area contributed by atoms with Gasteiger partial charge in [-0.15, -0.1) is 12.4 Å². The van der Waals surface area contributed by atoms with Gasteiger partial charge in [0.25, 0.3) is 0 Å². The molecule has 0 spiro atoms. The quantitative estimate of drug-likeness (QED) is 0.723. The Hall–Kier alpha value is -0.320. The second-order valence-corrected chi connectivity index (χ2v) is 5.00. The van der Waals surface area contributed by atoms with E-state index < -0.39 is 0 Å². The zero-order valence-corrected chi connectivity index (χ0v) is 12.6. The summed E-state index contributed by atoms with van der Waals surface area (Å²) < 4.78 is 4.94. The van der Waals surface area contributed by atoms with Crippen molar-refractivity contribution in [3.8, 4) is 0 Å². The molecule has 0 aromatic heterocycles. The van der Waals surface area contributed by atoms with Gasteiger partial charge < -0.3 is 15.0 Å². The summed E-state index contributed by atoms with van der Waals surface area (Å²) in [6, 6.07) is 0.765. The smallest absolute Gasteiger partial charge is 0.237 e. The number of halogens is 1. The molecule has 1 amide bonds. The topological polar surface area (TPSA) is 41.6 Å². The minimum atomic E-state index is 0. The third-order valence-corrected chi connectivity index (χ3v) is 3.32. The summed E-state index contributed by atoms with van der Waals surface area (Å²) in [5.74, 6) is 0.225. The van der Waals surface area contributed by atoms with Gasteiger partial charge in [-0.2, -0.15) is 0 Å². The van der Waals surface area contributed by atoms with Gasteiger partial charge in [-0.25, -0.2) is 0 Å². The Morgan fingerprint density at radius 1 is 1.39 bits per heavy atom. The largest absolute Gasteiger partial charge is 0.383 e. The first kappa shape index (κ1) is 17.7. The fraction of sp³-hybridized carbons (Fsp3) is 0.923. The first-order valence-corrected chi connectivity index (χ1v) is 6.67. The average molecular weight is 279 g/mol. The standard InChI is InChI=1S/C13H26N2O2.ClH/c1-11(2)15(12-6-4-5-7-12)13(16)10-14-8-9-17-3;/h11-12,14H,4-10H2,1-3H3;1H. The Balaban J connectivity index is 0.00000289. The summed E-state index contributed by atoms with van der Waals surface area (Å²) in [6.45, 7) is 6.02. The van der Waals surface area contributed by atoms with E-state index in [1.165, 1.54) is 25.7 Å². The van der Waals surface area contributed by atoms with Gasteiger partial charge >= 0.3 is 0 Å². The summed E-state index contributed by atoms with van der Waals surface area (Å²) in [5, 5.41) is 3.13. The van der Waals surface area contributed by atoms with E-state index in [1.54, 1.807) is 7.11 Å². The first-order chi connectivity index (χ1) is 8.16. The maximum Gasteiger partial charge on any atom is 0.237 e. The molecule has 4 nitrogen and oxygen atoms in total. The van der Waals surface area contributed by atoms with Crippen LogP contribution < -0.4 is 5.32 Å². The summed E-state index contributed by atoms with van der Waals surface area (Å²) >= 11 is 0. The van der Waals surface area contributed by atoms with Crippen molar-refractivity contribution in [2.45, 2.75) is 51.6 Å². The molecule has 1 rings (SSSR count). The minimum absolute atomic E-state index is 0. The van der Waals surface area contributed by atoms with Gasteiger partial charge in [0.1, 0.15) is 0 Å². The number of nitrogens with one attached hydrogen (secondary N) is 1. The molecule has 0 aliphatic heterocycles. The lowest BCUT2D eigenvalue weighted by Crippen LogP contribution is -2.47. The molecular formula is C13H27ClN2O2. The molecule has 0 heterocycles. The van der Waals surface area contributed by atoms with E-state index in [1.807, 2.05) is 0 Å². The van der Waals surface area contributed by atoms with Crippen LogP contribution in [0.4, 0.5) is 0 Å². The normalized spacial score (nSPS) is 15.8. The van der Waals surface area contributed by atoms with Crippen molar-refractivity contribution in [3.05, 3.63) is 0 Å². The number of amides is 1. The highest BCUT2D eigenvalue weighted by Crippen LogP contribution is 2.25. The fourth-order valence-electron chi connectivity index (χ4n) is 2.56. The van der Waals surface area contributed by atoms with Gasteiger partial charge in [-0.05, 0) is 26.7 Å². The Bertz CT molecular complexity index is 231. The molecule has 1 N–H and O–H groups in total. The third-order valence-electron chi connectivity index (χ3n) is 3.32. The number of methoxy groups -OCH3 is 1. The first-order valence-electron chi connectivity index (χ1n) is 6.67. The average Bonchev–Trinajstić information content (AvgIpc) is 2.77. The molecule has 18 heavy (non-hydrogen) atoms. The van der Waals surface area contributed by atoms with Crippen LogP contribution in [0, 0.1) is 0 Å². The van der Waals surface area contributed by atoms with Crippen molar-refractivity contribution in [2.24, 2.45) is 0 Å². The predicted octanol–water partition coefficient (Wildman–Crippen LogP) is 1.82. The van der Waals surface area contributed by atoms with Crippen molar-refractivity contribution in [2.75, 3.05) is 26.8 Å². The van der Waals surface area contributed by atoms with Gasteiger partial charge in [0.05, 0.1) is 13.2 Å².